The highest BCUT2D eigenvalue weighted by Crippen LogP contribution is 2.28. The van der Waals surface area contributed by atoms with Gasteiger partial charge in [0, 0.05) is 18.9 Å². The van der Waals surface area contributed by atoms with E-state index in [-0.39, 0.29) is 26.3 Å². The molecule has 0 aliphatic carbocycles. The Labute approximate surface area is 169 Å². The number of sulfone groups is 1. The number of nitrogens with zero attached hydrogens (tertiary/aromatic N) is 1. The molecule has 3 aromatic rings. The summed E-state index contributed by atoms with van der Waals surface area (Å²) in [6, 6.07) is 15.0. The van der Waals surface area contributed by atoms with Crippen LogP contribution in [0.1, 0.15) is 5.56 Å². The molecular formula is C19H17ClN2O4S2. The van der Waals surface area contributed by atoms with Crippen LogP contribution in [-0.2, 0) is 26.3 Å². The molecular weight excluding hydrogens is 420 g/mol. The third-order valence-corrected chi connectivity index (χ3v) is 7.72. The van der Waals surface area contributed by atoms with Gasteiger partial charge in [-0.2, -0.15) is 0 Å². The maximum atomic E-state index is 12.8. The Bertz CT molecular complexity index is 1170. The molecule has 0 amide bonds. The molecule has 1 N–H and O–H groups in total. The van der Waals surface area contributed by atoms with Crippen LogP contribution in [0.2, 0.25) is 5.02 Å². The minimum Gasteiger partial charge on any atom is -0.265 e. The van der Waals surface area contributed by atoms with Crippen molar-refractivity contribution in [3.05, 3.63) is 83.6 Å². The molecule has 1 aromatic heterocycles. The van der Waals surface area contributed by atoms with Gasteiger partial charge in [0.05, 0.1) is 14.8 Å². The number of halogens is 1. The summed E-state index contributed by atoms with van der Waals surface area (Å²) in [5, 5.41) is -0.0524. The van der Waals surface area contributed by atoms with Gasteiger partial charge in [-0.3, -0.25) is 4.98 Å². The van der Waals surface area contributed by atoms with Gasteiger partial charge in [-0.25, -0.2) is 21.6 Å². The second kappa shape index (κ2) is 8.40. The second-order valence-corrected chi connectivity index (χ2v) is 10.0. The molecule has 0 spiro atoms. The number of rotatable bonds is 7. The van der Waals surface area contributed by atoms with E-state index < -0.39 is 19.9 Å². The van der Waals surface area contributed by atoms with Crippen molar-refractivity contribution in [2.45, 2.75) is 21.1 Å². The highest BCUT2D eigenvalue weighted by molar-refractivity contribution is 7.91. The van der Waals surface area contributed by atoms with Crippen LogP contribution in [0, 0.1) is 0 Å². The molecule has 146 valence electrons. The topological polar surface area (TPSA) is 93.2 Å². The first kappa shape index (κ1) is 20.5. The van der Waals surface area contributed by atoms with Crippen LogP contribution in [0.15, 0.2) is 87.7 Å². The Morgan fingerprint density at radius 3 is 2.21 bits per heavy atom. The summed E-state index contributed by atoms with van der Waals surface area (Å²) in [5.41, 5.74) is 0.921. The predicted octanol–water partition coefficient (Wildman–Crippen LogP) is 3.09. The molecule has 0 unspecified atom stereocenters. The molecule has 9 heteroatoms. The van der Waals surface area contributed by atoms with Crippen LogP contribution >= 0.6 is 11.6 Å². The van der Waals surface area contributed by atoms with Crippen LogP contribution in [0.3, 0.4) is 0 Å². The van der Waals surface area contributed by atoms with Gasteiger partial charge < -0.3 is 0 Å². The van der Waals surface area contributed by atoms with Crippen molar-refractivity contribution in [2.75, 3.05) is 6.54 Å². The normalized spacial score (nSPS) is 12.0. The molecule has 0 radical (unpaired) electrons. The zero-order valence-corrected chi connectivity index (χ0v) is 17.0. The van der Waals surface area contributed by atoms with Crippen LogP contribution in [0.4, 0.5) is 0 Å². The van der Waals surface area contributed by atoms with E-state index in [2.05, 4.69) is 9.71 Å². The van der Waals surface area contributed by atoms with E-state index >= 15 is 0 Å². The Balaban J connectivity index is 1.86. The molecule has 0 aliphatic heterocycles. The van der Waals surface area contributed by atoms with E-state index in [1.807, 2.05) is 0 Å². The third-order valence-electron chi connectivity index (χ3n) is 4.01. The van der Waals surface area contributed by atoms with Crippen molar-refractivity contribution in [2.24, 2.45) is 0 Å². The number of hydrogen-bond donors (Lipinski definition) is 1. The number of sulfonamides is 1. The Hall–Kier alpha value is -2.26. The molecule has 3 rings (SSSR count). The fourth-order valence-electron chi connectivity index (χ4n) is 2.55. The molecule has 2 aromatic carbocycles. The summed E-state index contributed by atoms with van der Waals surface area (Å²) >= 11 is 6.05. The Morgan fingerprint density at radius 1 is 0.857 bits per heavy atom. The maximum Gasteiger partial charge on any atom is 0.242 e. The largest absolute Gasteiger partial charge is 0.265 e. The molecule has 0 aliphatic rings. The average molecular weight is 437 g/mol. The average Bonchev–Trinajstić information content (AvgIpc) is 2.69. The third kappa shape index (κ3) is 4.59. The van der Waals surface area contributed by atoms with Gasteiger partial charge >= 0.3 is 0 Å². The molecule has 0 atom stereocenters. The summed E-state index contributed by atoms with van der Waals surface area (Å²) in [6.45, 7) is 0.137. The van der Waals surface area contributed by atoms with Crippen molar-refractivity contribution >= 4 is 31.5 Å². The van der Waals surface area contributed by atoms with Gasteiger partial charge in [-0.05, 0) is 54.4 Å². The van der Waals surface area contributed by atoms with E-state index in [1.54, 1.807) is 42.7 Å². The number of pyridine rings is 1. The molecule has 0 bridgehead atoms. The van der Waals surface area contributed by atoms with Gasteiger partial charge in [0.15, 0.2) is 0 Å². The molecule has 0 fully saturated rings. The number of benzene rings is 2. The lowest BCUT2D eigenvalue weighted by atomic mass is 10.2. The van der Waals surface area contributed by atoms with Crippen molar-refractivity contribution < 1.29 is 16.8 Å². The summed E-state index contributed by atoms with van der Waals surface area (Å²) < 4.78 is 53.3. The lowest BCUT2D eigenvalue weighted by Crippen LogP contribution is -2.26. The monoisotopic (exact) mass is 436 g/mol. The van der Waals surface area contributed by atoms with Crippen molar-refractivity contribution in [3.63, 3.8) is 0 Å². The minimum atomic E-state index is -3.99. The van der Waals surface area contributed by atoms with Crippen LogP contribution in [0.5, 0.6) is 0 Å². The van der Waals surface area contributed by atoms with Gasteiger partial charge in [0.1, 0.15) is 4.90 Å². The Kier molecular flexibility index (Phi) is 6.14. The zero-order valence-electron chi connectivity index (χ0n) is 14.6. The van der Waals surface area contributed by atoms with Gasteiger partial charge in [-0.15, -0.1) is 0 Å². The molecule has 28 heavy (non-hydrogen) atoms. The fraction of sp³-hybridized carbons (Fsp3) is 0.105. The quantitative estimate of drug-likeness (QED) is 0.614. The minimum absolute atomic E-state index is 0.0524. The summed E-state index contributed by atoms with van der Waals surface area (Å²) in [7, 11) is -7.85. The van der Waals surface area contributed by atoms with Crippen molar-refractivity contribution in [1.29, 1.82) is 0 Å². The van der Waals surface area contributed by atoms with Gasteiger partial charge in [0.25, 0.3) is 0 Å². The first-order valence-corrected chi connectivity index (χ1v) is 11.6. The van der Waals surface area contributed by atoms with Crippen molar-refractivity contribution in [3.8, 4) is 0 Å². The molecule has 6 nitrogen and oxygen atoms in total. The summed E-state index contributed by atoms with van der Waals surface area (Å²) in [5.74, 6) is 0. The lowest BCUT2D eigenvalue weighted by molar-refractivity contribution is 0.581. The van der Waals surface area contributed by atoms with Crippen molar-refractivity contribution in [1.82, 2.24) is 9.71 Å². The smallest absolute Gasteiger partial charge is 0.242 e. The number of hydrogen-bond acceptors (Lipinski definition) is 5. The van der Waals surface area contributed by atoms with Crippen LogP contribution in [0.25, 0.3) is 0 Å². The number of aromatic nitrogens is 1. The summed E-state index contributed by atoms with van der Waals surface area (Å²) in [6.07, 6.45) is 3.71. The summed E-state index contributed by atoms with van der Waals surface area (Å²) in [4.78, 5) is 3.56. The van der Waals surface area contributed by atoms with Crippen LogP contribution in [-0.4, -0.2) is 28.4 Å². The molecule has 1 heterocycles. The van der Waals surface area contributed by atoms with E-state index in [9.17, 15) is 16.8 Å². The Morgan fingerprint density at radius 2 is 1.54 bits per heavy atom. The SMILES string of the molecule is O=S(=O)(NCCc1ccncc1)c1cc(S(=O)(=O)c2ccccc2)ccc1Cl. The van der Waals surface area contributed by atoms with E-state index in [0.717, 1.165) is 11.6 Å². The van der Waals surface area contributed by atoms with Crippen LogP contribution < -0.4 is 4.72 Å². The first-order valence-electron chi connectivity index (χ1n) is 8.29. The highest BCUT2D eigenvalue weighted by Gasteiger charge is 2.23. The predicted molar refractivity (Wildman–Crippen MR) is 106 cm³/mol. The highest BCUT2D eigenvalue weighted by atomic mass is 35.5. The first-order chi connectivity index (χ1) is 13.3. The lowest BCUT2D eigenvalue weighted by Gasteiger charge is -2.11. The fourth-order valence-corrected chi connectivity index (χ4v) is 5.49. The van der Waals surface area contributed by atoms with Gasteiger partial charge in [0.2, 0.25) is 19.9 Å². The standard InChI is InChI=1S/C19H17ClN2O4S2/c20-18-7-6-17(27(23,24)16-4-2-1-3-5-16)14-19(18)28(25,26)22-13-10-15-8-11-21-12-9-15/h1-9,11-12,14,22H,10,13H2. The number of nitrogens with one attached hydrogen (secondary N) is 1. The van der Waals surface area contributed by atoms with E-state index in [0.29, 0.717) is 6.42 Å². The second-order valence-electron chi connectivity index (χ2n) is 5.91. The van der Waals surface area contributed by atoms with Gasteiger partial charge in [-0.1, -0.05) is 29.8 Å². The van der Waals surface area contributed by atoms with E-state index in [4.69, 9.17) is 11.6 Å². The zero-order chi connectivity index (χ0) is 20.2. The molecule has 0 saturated carbocycles. The molecule has 0 saturated heterocycles. The van der Waals surface area contributed by atoms with E-state index in [1.165, 1.54) is 24.3 Å². The maximum absolute atomic E-state index is 12.8.